The van der Waals surface area contributed by atoms with Gasteiger partial charge in [0.1, 0.15) is 6.33 Å². The number of nitrogen functional groups attached to an aromatic ring is 1. The van der Waals surface area contributed by atoms with Crippen molar-refractivity contribution < 1.29 is 0 Å². The van der Waals surface area contributed by atoms with Gasteiger partial charge in [-0.1, -0.05) is 0 Å². The molecule has 0 spiro atoms. The second-order valence-electron chi connectivity index (χ2n) is 2.79. The SMILES string of the molecule is Nc1cncnc1NCc1cn[nH]c1. The molecule has 0 unspecified atom stereocenters. The molecule has 6 nitrogen and oxygen atoms in total. The first-order chi connectivity index (χ1) is 6.86. The zero-order valence-electron chi connectivity index (χ0n) is 7.44. The van der Waals surface area contributed by atoms with Crippen LogP contribution < -0.4 is 11.1 Å². The first-order valence-corrected chi connectivity index (χ1v) is 4.13. The summed E-state index contributed by atoms with van der Waals surface area (Å²) in [5.41, 5.74) is 7.23. The molecule has 0 aliphatic rings. The zero-order chi connectivity index (χ0) is 9.80. The van der Waals surface area contributed by atoms with E-state index in [0.717, 1.165) is 5.56 Å². The van der Waals surface area contributed by atoms with E-state index in [1.165, 1.54) is 6.33 Å². The van der Waals surface area contributed by atoms with Gasteiger partial charge < -0.3 is 11.1 Å². The third-order valence-electron chi connectivity index (χ3n) is 1.76. The van der Waals surface area contributed by atoms with Crippen LogP contribution in [0.5, 0.6) is 0 Å². The standard InChI is InChI=1S/C8H10N6/c9-7-4-10-5-12-8(7)11-1-6-2-13-14-3-6/h2-5H,1,9H2,(H,13,14)(H,10,11,12). The van der Waals surface area contributed by atoms with Gasteiger partial charge in [-0.05, 0) is 0 Å². The highest BCUT2D eigenvalue weighted by Crippen LogP contribution is 2.12. The highest BCUT2D eigenvalue weighted by Gasteiger charge is 1.99. The predicted molar refractivity (Wildman–Crippen MR) is 52.4 cm³/mol. The Labute approximate surface area is 80.6 Å². The van der Waals surface area contributed by atoms with Crippen molar-refractivity contribution >= 4 is 11.5 Å². The van der Waals surface area contributed by atoms with Crippen LogP contribution in [0.2, 0.25) is 0 Å². The topological polar surface area (TPSA) is 92.5 Å². The van der Waals surface area contributed by atoms with Crippen LogP contribution in [0.15, 0.2) is 24.9 Å². The molecule has 4 N–H and O–H groups in total. The Morgan fingerprint density at radius 3 is 3.07 bits per heavy atom. The quantitative estimate of drug-likeness (QED) is 0.651. The number of rotatable bonds is 3. The first-order valence-electron chi connectivity index (χ1n) is 4.13. The molecule has 0 atom stereocenters. The Hall–Kier alpha value is -2.11. The van der Waals surface area contributed by atoms with Gasteiger partial charge in [0.15, 0.2) is 5.82 Å². The summed E-state index contributed by atoms with van der Waals surface area (Å²) in [6, 6.07) is 0. The molecule has 72 valence electrons. The number of nitrogens with zero attached hydrogens (tertiary/aromatic N) is 3. The lowest BCUT2D eigenvalue weighted by atomic mass is 10.3. The molecular formula is C8H10N6. The molecular weight excluding hydrogens is 180 g/mol. The maximum Gasteiger partial charge on any atom is 0.152 e. The van der Waals surface area contributed by atoms with E-state index in [0.29, 0.717) is 18.1 Å². The van der Waals surface area contributed by atoms with Crippen molar-refractivity contribution in [3.05, 3.63) is 30.5 Å². The minimum absolute atomic E-state index is 0.538. The van der Waals surface area contributed by atoms with Crippen molar-refractivity contribution in [3.63, 3.8) is 0 Å². The maximum absolute atomic E-state index is 5.65. The van der Waals surface area contributed by atoms with Crippen molar-refractivity contribution in [2.24, 2.45) is 0 Å². The Morgan fingerprint density at radius 1 is 1.43 bits per heavy atom. The lowest BCUT2D eigenvalue weighted by Crippen LogP contribution is -2.04. The van der Waals surface area contributed by atoms with Gasteiger partial charge in [0.2, 0.25) is 0 Å². The number of aromatic nitrogens is 4. The lowest BCUT2D eigenvalue weighted by molar-refractivity contribution is 1.09. The lowest BCUT2D eigenvalue weighted by Gasteiger charge is -2.04. The Morgan fingerprint density at radius 2 is 2.36 bits per heavy atom. The van der Waals surface area contributed by atoms with E-state index in [-0.39, 0.29) is 0 Å². The molecule has 0 amide bonds. The average Bonchev–Trinajstić information content (AvgIpc) is 2.69. The molecule has 0 aliphatic heterocycles. The number of hydrogen-bond donors (Lipinski definition) is 3. The molecule has 0 bridgehead atoms. The normalized spacial score (nSPS) is 10.0. The van der Waals surface area contributed by atoms with Crippen molar-refractivity contribution in [1.29, 1.82) is 0 Å². The largest absolute Gasteiger partial charge is 0.394 e. The van der Waals surface area contributed by atoms with Gasteiger partial charge in [-0.25, -0.2) is 9.97 Å². The van der Waals surface area contributed by atoms with Crippen molar-refractivity contribution in [2.45, 2.75) is 6.54 Å². The van der Waals surface area contributed by atoms with Gasteiger partial charge in [0.05, 0.1) is 18.1 Å². The van der Waals surface area contributed by atoms with Gasteiger partial charge in [-0.3, -0.25) is 5.10 Å². The van der Waals surface area contributed by atoms with Crippen LogP contribution in [-0.2, 0) is 6.54 Å². The summed E-state index contributed by atoms with van der Waals surface area (Å²) in [5.74, 6) is 0.640. The fourth-order valence-corrected chi connectivity index (χ4v) is 1.05. The molecule has 0 saturated heterocycles. The summed E-state index contributed by atoms with van der Waals surface area (Å²) in [5, 5.41) is 9.63. The third-order valence-corrected chi connectivity index (χ3v) is 1.76. The van der Waals surface area contributed by atoms with Gasteiger partial charge in [0.25, 0.3) is 0 Å². The van der Waals surface area contributed by atoms with Crippen LogP contribution in [0.25, 0.3) is 0 Å². The second kappa shape index (κ2) is 3.73. The van der Waals surface area contributed by atoms with Gasteiger partial charge in [0, 0.05) is 18.3 Å². The van der Waals surface area contributed by atoms with E-state index in [2.05, 4.69) is 25.5 Å². The van der Waals surface area contributed by atoms with Gasteiger partial charge in [-0.15, -0.1) is 0 Å². The number of nitrogens with one attached hydrogen (secondary N) is 2. The number of H-pyrrole nitrogens is 1. The molecule has 0 aliphatic carbocycles. The Kier molecular flexibility index (Phi) is 2.26. The van der Waals surface area contributed by atoms with Crippen LogP contribution in [0.1, 0.15) is 5.56 Å². The smallest absolute Gasteiger partial charge is 0.152 e. The molecule has 2 rings (SSSR count). The summed E-state index contributed by atoms with van der Waals surface area (Å²) in [4.78, 5) is 7.80. The molecule has 0 saturated carbocycles. The molecule has 0 fully saturated rings. The molecule has 2 heterocycles. The third kappa shape index (κ3) is 1.79. The van der Waals surface area contributed by atoms with Gasteiger partial charge >= 0.3 is 0 Å². The fraction of sp³-hybridized carbons (Fsp3) is 0.125. The Balaban J connectivity index is 2.02. The molecule has 0 aromatic carbocycles. The average molecular weight is 190 g/mol. The number of hydrogen-bond acceptors (Lipinski definition) is 5. The summed E-state index contributed by atoms with van der Waals surface area (Å²) in [6.45, 7) is 0.637. The highest BCUT2D eigenvalue weighted by atomic mass is 15.1. The van der Waals surface area contributed by atoms with E-state index in [1.54, 1.807) is 12.4 Å². The maximum atomic E-state index is 5.65. The van der Waals surface area contributed by atoms with Crippen molar-refractivity contribution in [3.8, 4) is 0 Å². The number of anilines is 2. The summed E-state index contributed by atoms with van der Waals surface area (Å²) >= 11 is 0. The van der Waals surface area contributed by atoms with Crippen molar-refractivity contribution in [2.75, 3.05) is 11.1 Å². The minimum atomic E-state index is 0.538. The Bertz CT molecular complexity index is 396. The van der Waals surface area contributed by atoms with Crippen LogP contribution in [0, 0.1) is 0 Å². The van der Waals surface area contributed by atoms with Crippen LogP contribution in [0.3, 0.4) is 0 Å². The monoisotopic (exact) mass is 190 g/mol. The molecule has 0 radical (unpaired) electrons. The van der Waals surface area contributed by atoms with E-state index in [4.69, 9.17) is 5.73 Å². The zero-order valence-corrected chi connectivity index (χ0v) is 7.44. The van der Waals surface area contributed by atoms with Crippen LogP contribution >= 0.6 is 0 Å². The van der Waals surface area contributed by atoms with Crippen molar-refractivity contribution in [1.82, 2.24) is 20.2 Å². The summed E-state index contributed by atoms with van der Waals surface area (Å²) in [6.07, 6.45) is 6.56. The molecule has 6 heteroatoms. The number of nitrogens with two attached hydrogens (primary N) is 1. The second-order valence-corrected chi connectivity index (χ2v) is 2.79. The highest BCUT2D eigenvalue weighted by molar-refractivity contribution is 5.58. The minimum Gasteiger partial charge on any atom is -0.394 e. The molecule has 2 aromatic rings. The summed E-state index contributed by atoms with van der Waals surface area (Å²) in [7, 11) is 0. The first kappa shape index (κ1) is 8.49. The van der Waals surface area contributed by atoms with E-state index in [9.17, 15) is 0 Å². The van der Waals surface area contributed by atoms with Crippen LogP contribution in [-0.4, -0.2) is 20.2 Å². The van der Waals surface area contributed by atoms with E-state index in [1.807, 2.05) is 6.20 Å². The van der Waals surface area contributed by atoms with Gasteiger partial charge in [-0.2, -0.15) is 5.10 Å². The fourth-order valence-electron chi connectivity index (χ4n) is 1.05. The van der Waals surface area contributed by atoms with E-state index < -0.39 is 0 Å². The van der Waals surface area contributed by atoms with Crippen LogP contribution in [0.4, 0.5) is 11.5 Å². The molecule has 14 heavy (non-hydrogen) atoms. The number of aromatic amines is 1. The predicted octanol–water partition coefficient (Wildman–Crippen LogP) is 0.394. The molecule has 2 aromatic heterocycles. The summed E-state index contributed by atoms with van der Waals surface area (Å²) < 4.78 is 0. The van der Waals surface area contributed by atoms with E-state index >= 15 is 0 Å².